The number of benzene rings is 2. The van der Waals surface area contributed by atoms with Crippen LogP contribution in [0, 0.1) is 0 Å². The van der Waals surface area contributed by atoms with Crippen molar-refractivity contribution >= 4 is 45.9 Å². The zero-order chi connectivity index (χ0) is 16.5. The number of nitrogens with one attached hydrogen (secondary N) is 1. The van der Waals surface area contributed by atoms with E-state index < -0.39 is 0 Å². The molecule has 4 rings (SSSR count). The minimum Gasteiger partial charge on any atom is -0.436 e. The lowest BCUT2D eigenvalue weighted by Crippen LogP contribution is -2.00. The van der Waals surface area contributed by atoms with E-state index >= 15 is 0 Å². The third-order valence-corrected chi connectivity index (χ3v) is 3.62. The number of halogens is 2. The second-order valence-corrected chi connectivity index (χ2v) is 5.53. The summed E-state index contributed by atoms with van der Waals surface area (Å²) in [5, 5.41) is 3.09. The van der Waals surface area contributed by atoms with Crippen LogP contribution in [0.1, 0.15) is 0 Å². The Balaban J connectivity index is 1.77. The van der Waals surface area contributed by atoms with E-state index in [1.165, 1.54) is 0 Å². The maximum Gasteiger partial charge on any atom is 0.232 e. The molecule has 0 aliphatic heterocycles. The molecule has 0 saturated heterocycles. The fourth-order valence-corrected chi connectivity index (χ4v) is 2.63. The fourth-order valence-electron chi connectivity index (χ4n) is 2.27. The minimum atomic E-state index is 0.0110. The summed E-state index contributed by atoms with van der Waals surface area (Å²) in [5.41, 5.74) is 2.98. The maximum absolute atomic E-state index is 5.82. The lowest BCUT2D eigenvalue weighted by Gasteiger charge is -2.08. The average Bonchev–Trinajstić information content (AvgIpc) is 2.98. The first kappa shape index (κ1) is 14.9. The van der Waals surface area contributed by atoms with E-state index in [1.807, 2.05) is 48.5 Å². The number of fused-ring (bicyclic) bond motifs is 1. The summed E-state index contributed by atoms with van der Waals surface area (Å²) in [6.45, 7) is 0. The van der Waals surface area contributed by atoms with E-state index in [0.29, 0.717) is 17.2 Å². The Bertz CT molecular complexity index is 981. The fraction of sp³-hybridized carbons (Fsp3) is 0. The van der Waals surface area contributed by atoms with Crippen LogP contribution in [0.25, 0.3) is 22.6 Å². The number of nitrogens with zero attached hydrogens (tertiary/aromatic N) is 4. The SMILES string of the molecule is Clc1nc(Cl)nc(Nc2ccccc2-c2nc3ccccc3o2)n1. The molecule has 0 aliphatic rings. The molecule has 118 valence electrons. The van der Waals surface area contributed by atoms with Crippen LogP contribution < -0.4 is 5.32 Å². The summed E-state index contributed by atoms with van der Waals surface area (Å²) >= 11 is 11.6. The molecule has 0 aliphatic carbocycles. The van der Waals surface area contributed by atoms with Gasteiger partial charge in [0.2, 0.25) is 22.4 Å². The van der Waals surface area contributed by atoms with E-state index in [0.717, 1.165) is 11.1 Å². The predicted octanol–water partition coefficient (Wildman–Crippen LogP) is 4.73. The van der Waals surface area contributed by atoms with Crippen molar-refractivity contribution in [2.45, 2.75) is 0 Å². The number of oxazole rings is 1. The van der Waals surface area contributed by atoms with Crippen molar-refractivity contribution in [1.29, 1.82) is 0 Å². The third-order valence-electron chi connectivity index (χ3n) is 3.28. The van der Waals surface area contributed by atoms with Gasteiger partial charge in [-0.05, 0) is 47.5 Å². The lowest BCUT2D eigenvalue weighted by molar-refractivity contribution is 0.620. The Labute approximate surface area is 146 Å². The third kappa shape index (κ3) is 2.89. The monoisotopic (exact) mass is 357 g/mol. The van der Waals surface area contributed by atoms with Gasteiger partial charge in [-0.25, -0.2) is 4.98 Å². The van der Waals surface area contributed by atoms with E-state index in [9.17, 15) is 0 Å². The Morgan fingerprint density at radius 1 is 0.792 bits per heavy atom. The second kappa shape index (κ2) is 6.07. The molecule has 0 fully saturated rings. The Kier molecular flexibility index (Phi) is 3.76. The highest BCUT2D eigenvalue weighted by atomic mass is 35.5. The van der Waals surface area contributed by atoms with Gasteiger partial charge in [-0.3, -0.25) is 0 Å². The highest BCUT2D eigenvalue weighted by Crippen LogP contribution is 2.31. The topological polar surface area (TPSA) is 76.7 Å². The average molecular weight is 358 g/mol. The molecule has 0 atom stereocenters. The van der Waals surface area contributed by atoms with Crippen LogP contribution in [-0.2, 0) is 0 Å². The van der Waals surface area contributed by atoms with Crippen molar-refractivity contribution in [1.82, 2.24) is 19.9 Å². The molecule has 24 heavy (non-hydrogen) atoms. The van der Waals surface area contributed by atoms with Crippen LogP contribution in [0.2, 0.25) is 10.6 Å². The van der Waals surface area contributed by atoms with Gasteiger partial charge in [0.25, 0.3) is 0 Å². The molecule has 4 aromatic rings. The Hall–Kier alpha value is -2.70. The molecule has 2 heterocycles. The van der Waals surface area contributed by atoms with Crippen LogP contribution in [0.4, 0.5) is 11.6 Å². The molecule has 0 saturated carbocycles. The van der Waals surface area contributed by atoms with Crippen molar-refractivity contribution in [2.75, 3.05) is 5.32 Å². The summed E-state index contributed by atoms with van der Waals surface area (Å²) in [6, 6.07) is 15.1. The van der Waals surface area contributed by atoms with Crippen molar-refractivity contribution in [3.05, 3.63) is 59.1 Å². The highest BCUT2D eigenvalue weighted by molar-refractivity contribution is 6.31. The maximum atomic E-state index is 5.82. The van der Waals surface area contributed by atoms with Crippen LogP contribution in [0.5, 0.6) is 0 Å². The van der Waals surface area contributed by atoms with E-state index in [-0.39, 0.29) is 16.5 Å². The molecule has 8 heteroatoms. The number of hydrogen-bond donors (Lipinski definition) is 1. The van der Waals surface area contributed by atoms with Crippen molar-refractivity contribution < 1.29 is 4.42 Å². The van der Waals surface area contributed by atoms with Gasteiger partial charge in [-0.1, -0.05) is 24.3 Å². The first-order valence-corrected chi connectivity index (χ1v) is 7.74. The van der Waals surface area contributed by atoms with Gasteiger partial charge in [0.05, 0.1) is 11.3 Å². The van der Waals surface area contributed by atoms with Crippen molar-refractivity contribution in [2.24, 2.45) is 0 Å². The number of para-hydroxylation sites is 3. The smallest absolute Gasteiger partial charge is 0.232 e. The molecular formula is C16H9Cl2N5O. The molecule has 2 aromatic carbocycles. The molecular weight excluding hydrogens is 349 g/mol. The summed E-state index contributed by atoms with van der Waals surface area (Å²) in [4.78, 5) is 16.2. The molecule has 0 spiro atoms. The number of hydrogen-bond acceptors (Lipinski definition) is 6. The van der Waals surface area contributed by atoms with Gasteiger partial charge in [0.1, 0.15) is 5.52 Å². The first-order valence-electron chi connectivity index (χ1n) is 6.98. The molecule has 6 nitrogen and oxygen atoms in total. The number of rotatable bonds is 3. The number of aromatic nitrogens is 4. The number of anilines is 2. The molecule has 0 unspecified atom stereocenters. The van der Waals surface area contributed by atoms with Gasteiger partial charge in [0.15, 0.2) is 5.58 Å². The largest absolute Gasteiger partial charge is 0.436 e. The standard InChI is InChI=1S/C16H9Cl2N5O/c17-14-21-15(18)23-16(22-14)20-10-6-2-1-5-9(10)13-19-11-7-3-4-8-12(11)24-13/h1-8H,(H,20,21,22,23). The van der Waals surface area contributed by atoms with Gasteiger partial charge in [0, 0.05) is 0 Å². The van der Waals surface area contributed by atoms with Crippen LogP contribution >= 0.6 is 23.2 Å². The van der Waals surface area contributed by atoms with E-state index in [2.05, 4.69) is 25.3 Å². The highest BCUT2D eigenvalue weighted by Gasteiger charge is 2.13. The summed E-state index contributed by atoms with van der Waals surface area (Å²) in [5.74, 6) is 0.731. The predicted molar refractivity (Wildman–Crippen MR) is 92.6 cm³/mol. The molecule has 1 N–H and O–H groups in total. The molecule has 0 bridgehead atoms. The van der Waals surface area contributed by atoms with Crippen molar-refractivity contribution in [3.63, 3.8) is 0 Å². The van der Waals surface area contributed by atoms with E-state index in [1.54, 1.807) is 0 Å². The minimum absolute atomic E-state index is 0.0110. The van der Waals surface area contributed by atoms with Gasteiger partial charge in [-0.15, -0.1) is 0 Å². The summed E-state index contributed by atoms with van der Waals surface area (Å²) in [6.07, 6.45) is 0. The zero-order valence-corrected chi connectivity index (χ0v) is 13.6. The van der Waals surface area contributed by atoms with Gasteiger partial charge in [-0.2, -0.15) is 15.0 Å². The van der Waals surface area contributed by atoms with Gasteiger partial charge >= 0.3 is 0 Å². The molecule has 0 radical (unpaired) electrons. The summed E-state index contributed by atoms with van der Waals surface area (Å²) < 4.78 is 5.82. The van der Waals surface area contributed by atoms with Crippen molar-refractivity contribution in [3.8, 4) is 11.5 Å². The normalized spacial score (nSPS) is 10.9. The van der Waals surface area contributed by atoms with Crippen LogP contribution in [0.15, 0.2) is 52.9 Å². The van der Waals surface area contributed by atoms with Crippen LogP contribution in [-0.4, -0.2) is 19.9 Å². The van der Waals surface area contributed by atoms with Gasteiger partial charge < -0.3 is 9.73 Å². The van der Waals surface area contributed by atoms with Crippen LogP contribution in [0.3, 0.4) is 0 Å². The van der Waals surface area contributed by atoms with E-state index in [4.69, 9.17) is 27.6 Å². The molecule has 0 amide bonds. The zero-order valence-electron chi connectivity index (χ0n) is 12.1. The Morgan fingerprint density at radius 2 is 1.50 bits per heavy atom. The second-order valence-electron chi connectivity index (χ2n) is 4.85. The quantitative estimate of drug-likeness (QED) is 0.571. The Morgan fingerprint density at radius 3 is 2.29 bits per heavy atom. The lowest BCUT2D eigenvalue weighted by atomic mass is 10.2. The first-order chi connectivity index (χ1) is 11.7. The summed E-state index contributed by atoms with van der Waals surface area (Å²) in [7, 11) is 0. The molecule has 2 aromatic heterocycles.